The Hall–Kier alpha value is -1.11. The Labute approximate surface area is 120 Å². The first-order chi connectivity index (χ1) is 9.36. The number of likely N-dealkylation sites (N-methyl/N-ethyl adjacent to an activating group) is 1. The van der Waals surface area contributed by atoms with Gasteiger partial charge in [-0.05, 0) is 38.2 Å². The highest BCUT2D eigenvalue weighted by Gasteiger charge is 2.23. The lowest BCUT2D eigenvalue weighted by atomic mass is 10.1. The lowest BCUT2D eigenvalue weighted by Crippen LogP contribution is -2.47. The summed E-state index contributed by atoms with van der Waals surface area (Å²) in [5.74, 6) is 0. The topological polar surface area (TPSA) is 58.6 Å². The van der Waals surface area contributed by atoms with Gasteiger partial charge in [0.25, 0.3) is 0 Å². The van der Waals surface area contributed by atoms with E-state index in [1.54, 1.807) is 24.3 Å². The van der Waals surface area contributed by atoms with Gasteiger partial charge in [-0.3, -0.25) is 0 Å². The van der Waals surface area contributed by atoms with Crippen LogP contribution in [0.3, 0.4) is 0 Å². The zero-order valence-electron chi connectivity index (χ0n) is 12.2. The molecule has 0 radical (unpaired) electrons. The van der Waals surface area contributed by atoms with Crippen molar-refractivity contribution in [2.24, 2.45) is 0 Å². The van der Waals surface area contributed by atoms with Crippen LogP contribution in [0, 0.1) is 0 Å². The molecule has 2 atom stereocenters. The van der Waals surface area contributed by atoms with Crippen LogP contribution >= 0.6 is 0 Å². The number of nitrogens with one attached hydrogen (secondary N) is 1. The van der Waals surface area contributed by atoms with Crippen molar-refractivity contribution in [1.29, 1.82) is 0 Å². The van der Waals surface area contributed by atoms with Crippen LogP contribution in [0.25, 0.3) is 0 Å². The first-order valence-electron chi connectivity index (χ1n) is 6.73. The number of sulfone groups is 1. The molecule has 1 aromatic carbocycles. The first kappa shape index (κ1) is 15.3. The highest BCUT2D eigenvalue weighted by molar-refractivity contribution is 7.90. The Bertz CT molecular complexity index is 542. The summed E-state index contributed by atoms with van der Waals surface area (Å²) < 4.78 is 28.6. The summed E-state index contributed by atoms with van der Waals surface area (Å²) >= 11 is 0. The minimum absolute atomic E-state index is 0.142. The number of hydrogen-bond donors (Lipinski definition) is 1. The quantitative estimate of drug-likeness (QED) is 0.906. The SMILES string of the molecule is CC(Nc1ccc(S(C)(=O)=O)cc1)C1CN(C)CCO1. The van der Waals surface area contributed by atoms with Crippen LogP contribution in [0.2, 0.25) is 0 Å². The van der Waals surface area contributed by atoms with Crippen LogP contribution in [0.5, 0.6) is 0 Å². The summed E-state index contributed by atoms with van der Waals surface area (Å²) in [4.78, 5) is 2.59. The molecule has 112 valence electrons. The van der Waals surface area contributed by atoms with Crippen LogP contribution in [-0.4, -0.2) is 58.5 Å². The van der Waals surface area contributed by atoms with Gasteiger partial charge in [-0.25, -0.2) is 8.42 Å². The van der Waals surface area contributed by atoms with Crippen molar-refractivity contribution in [3.05, 3.63) is 24.3 Å². The van der Waals surface area contributed by atoms with E-state index in [9.17, 15) is 8.42 Å². The van der Waals surface area contributed by atoms with Crippen LogP contribution in [0.1, 0.15) is 6.92 Å². The van der Waals surface area contributed by atoms with Crippen molar-refractivity contribution in [3.63, 3.8) is 0 Å². The monoisotopic (exact) mass is 298 g/mol. The van der Waals surface area contributed by atoms with E-state index in [1.807, 2.05) is 0 Å². The van der Waals surface area contributed by atoms with Crippen molar-refractivity contribution < 1.29 is 13.2 Å². The number of nitrogens with zero attached hydrogens (tertiary/aromatic N) is 1. The maximum absolute atomic E-state index is 11.4. The molecule has 1 aromatic rings. The third-order valence-electron chi connectivity index (χ3n) is 3.53. The second-order valence-electron chi connectivity index (χ2n) is 5.40. The molecule has 1 fully saturated rings. The molecular weight excluding hydrogens is 276 g/mol. The molecule has 20 heavy (non-hydrogen) atoms. The lowest BCUT2D eigenvalue weighted by molar-refractivity contribution is -0.0259. The zero-order valence-corrected chi connectivity index (χ0v) is 13.0. The molecule has 1 heterocycles. The fraction of sp³-hybridized carbons (Fsp3) is 0.571. The minimum Gasteiger partial charge on any atom is -0.380 e. The molecule has 0 saturated carbocycles. The van der Waals surface area contributed by atoms with Crippen LogP contribution in [-0.2, 0) is 14.6 Å². The third-order valence-corrected chi connectivity index (χ3v) is 4.66. The summed E-state index contributed by atoms with van der Waals surface area (Å²) in [7, 11) is -1.05. The van der Waals surface area contributed by atoms with Crippen molar-refractivity contribution in [3.8, 4) is 0 Å². The minimum atomic E-state index is -3.13. The Morgan fingerprint density at radius 1 is 1.35 bits per heavy atom. The zero-order chi connectivity index (χ0) is 14.8. The first-order valence-corrected chi connectivity index (χ1v) is 8.62. The molecule has 2 unspecified atom stereocenters. The Morgan fingerprint density at radius 2 is 2.00 bits per heavy atom. The highest BCUT2D eigenvalue weighted by Crippen LogP contribution is 2.17. The average molecular weight is 298 g/mol. The summed E-state index contributed by atoms with van der Waals surface area (Å²) in [6.07, 6.45) is 1.35. The van der Waals surface area contributed by atoms with Crippen molar-refractivity contribution >= 4 is 15.5 Å². The largest absolute Gasteiger partial charge is 0.380 e. The normalized spacial score (nSPS) is 22.4. The Kier molecular flexibility index (Phi) is 4.67. The summed E-state index contributed by atoms with van der Waals surface area (Å²) in [6.45, 7) is 4.69. The van der Waals surface area contributed by atoms with E-state index in [0.717, 1.165) is 25.4 Å². The van der Waals surface area contributed by atoms with Crippen molar-refractivity contribution in [2.45, 2.75) is 24.0 Å². The van der Waals surface area contributed by atoms with Crippen molar-refractivity contribution in [2.75, 3.05) is 38.3 Å². The number of benzene rings is 1. The van der Waals surface area contributed by atoms with Crippen LogP contribution < -0.4 is 5.32 Å². The van der Waals surface area contributed by atoms with Gasteiger partial charge in [0, 0.05) is 25.0 Å². The predicted molar refractivity (Wildman–Crippen MR) is 79.9 cm³/mol. The number of ether oxygens (including phenoxy) is 1. The van der Waals surface area contributed by atoms with Gasteiger partial charge in [-0.15, -0.1) is 0 Å². The van der Waals surface area contributed by atoms with Gasteiger partial charge in [0.1, 0.15) is 0 Å². The molecule has 6 heteroatoms. The van der Waals surface area contributed by atoms with Crippen molar-refractivity contribution in [1.82, 2.24) is 4.90 Å². The van der Waals surface area contributed by atoms with E-state index in [4.69, 9.17) is 4.74 Å². The van der Waals surface area contributed by atoms with Gasteiger partial charge in [0.05, 0.1) is 23.6 Å². The number of morpholine rings is 1. The summed E-state index contributed by atoms with van der Waals surface area (Å²) in [5, 5.41) is 3.36. The van der Waals surface area contributed by atoms with Gasteiger partial charge < -0.3 is 15.0 Å². The van der Waals surface area contributed by atoms with Gasteiger partial charge in [0.2, 0.25) is 0 Å². The fourth-order valence-electron chi connectivity index (χ4n) is 2.27. The average Bonchev–Trinajstić information content (AvgIpc) is 2.38. The van der Waals surface area contributed by atoms with Gasteiger partial charge in [-0.1, -0.05) is 0 Å². The molecule has 1 N–H and O–H groups in total. The molecule has 5 nitrogen and oxygen atoms in total. The van der Waals surface area contributed by atoms with Gasteiger partial charge >= 0.3 is 0 Å². The van der Waals surface area contributed by atoms with Crippen LogP contribution in [0.15, 0.2) is 29.2 Å². The van der Waals surface area contributed by atoms with E-state index < -0.39 is 9.84 Å². The van der Waals surface area contributed by atoms with E-state index in [0.29, 0.717) is 4.90 Å². The standard InChI is InChI=1S/C14H22N2O3S/c1-11(14-10-16(2)8-9-19-14)15-12-4-6-13(7-5-12)20(3,17)18/h4-7,11,14-15H,8-10H2,1-3H3. The van der Waals surface area contributed by atoms with E-state index in [1.165, 1.54) is 6.26 Å². The van der Waals surface area contributed by atoms with Gasteiger partial charge in [-0.2, -0.15) is 0 Å². The molecule has 0 aromatic heterocycles. The van der Waals surface area contributed by atoms with E-state index in [2.05, 4.69) is 24.2 Å². The predicted octanol–water partition coefficient (Wildman–Crippen LogP) is 1.22. The molecule has 1 aliphatic heterocycles. The number of rotatable bonds is 4. The highest BCUT2D eigenvalue weighted by atomic mass is 32.2. The second kappa shape index (κ2) is 6.11. The molecule has 0 spiro atoms. The Balaban J connectivity index is 1.99. The molecule has 0 bridgehead atoms. The smallest absolute Gasteiger partial charge is 0.175 e. The number of hydrogen-bond acceptors (Lipinski definition) is 5. The molecule has 1 aliphatic rings. The molecule has 2 rings (SSSR count). The van der Waals surface area contributed by atoms with E-state index >= 15 is 0 Å². The molecule has 1 saturated heterocycles. The molecule has 0 aliphatic carbocycles. The summed E-state index contributed by atoms with van der Waals surface area (Å²) in [6, 6.07) is 7.00. The van der Waals surface area contributed by atoms with E-state index in [-0.39, 0.29) is 12.1 Å². The Morgan fingerprint density at radius 3 is 2.55 bits per heavy atom. The molecular formula is C14H22N2O3S. The molecule has 0 amide bonds. The fourth-order valence-corrected chi connectivity index (χ4v) is 2.90. The second-order valence-corrected chi connectivity index (χ2v) is 7.42. The van der Waals surface area contributed by atoms with Crippen LogP contribution in [0.4, 0.5) is 5.69 Å². The number of anilines is 1. The summed E-state index contributed by atoms with van der Waals surface area (Å²) in [5.41, 5.74) is 0.904. The third kappa shape index (κ3) is 3.94. The maximum atomic E-state index is 11.4. The van der Waals surface area contributed by atoms with Gasteiger partial charge in [0.15, 0.2) is 9.84 Å². The lowest BCUT2D eigenvalue weighted by Gasteiger charge is -2.34. The maximum Gasteiger partial charge on any atom is 0.175 e.